The number of rotatable bonds is 8. The van der Waals surface area contributed by atoms with Gasteiger partial charge in [0, 0.05) is 41.3 Å². The number of fused-ring (bicyclic) bond motifs is 4. The van der Waals surface area contributed by atoms with Crippen LogP contribution in [0.1, 0.15) is 44.6 Å². The zero-order valence-corrected chi connectivity index (χ0v) is 24.5. The summed E-state index contributed by atoms with van der Waals surface area (Å²) >= 11 is 0. The third-order valence-electron chi connectivity index (χ3n) is 8.83. The van der Waals surface area contributed by atoms with E-state index in [1.165, 1.54) is 22.4 Å². The van der Waals surface area contributed by atoms with Crippen molar-refractivity contribution in [1.82, 2.24) is 18.8 Å². The highest BCUT2D eigenvalue weighted by atomic mass is 32.2. The fraction of sp³-hybridized carbons (Fsp3) is 0.333. The van der Waals surface area contributed by atoms with Gasteiger partial charge in [-0.1, -0.05) is 37.3 Å². The molecule has 4 heterocycles. The summed E-state index contributed by atoms with van der Waals surface area (Å²) in [7, 11) is -3.38. The first-order valence-electron chi connectivity index (χ1n) is 14.8. The summed E-state index contributed by atoms with van der Waals surface area (Å²) in [5.41, 5.74) is 5.84. The first kappa shape index (κ1) is 27.1. The van der Waals surface area contributed by atoms with E-state index in [2.05, 4.69) is 56.6 Å². The van der Waals surface area contributed by atoms with E-state index in [0.717, 1.165) is 52.5 Å². The van der Waals surface area contributed by atoms with Crippen LogP contribution in [0.5, 0.6) is 0 Å². The van der Waals surface area contributed by atoms with E-state index in [1.807, 2.05) is 37.3 Å². The zero-order valence-electron chi connectivity index (χ0n) is 23.6. The second kappa shape index (κ2) is 10.8. The number of benzene rings is 3. The summed E-state index contributed by atoms with van der Waals surface area (Å²) in [4.78, 5) is 11.6. The minimum Gasteiger partial charge on any atom is -0.393 e. The van der Waals surface area contributed by atoms with Crippen molar-refractivity contribution in [1.29, 1.82) is 0 Å². The van der Waals surface area contributed by atoms with Gasteiger partial charge in [0.15, 0.2) is 0 Å². The van der Waals surface area contributed by atoms with Crippen molar-refractivity contribution < 1.29 is 13.5 Å². The molecule has 2 saturated heterocycles. The fourth-order valence-corrected chi connectivity index (χ4v) is 8.21. The Balaban J connectivity index is 1.13. The van der Waals surface area contributed by atoms with Crippen LogP contribution in [0, 0.1) is 0 Å². The van der Waals surface area contributed by atoms with E-state index >= 15 is 0 Å². The minimum absolute atomic E-state index is 0.110. The predicted octanol–water partition coefficient (Wildman–Crippen LogP) is 6.07. The Morgan fingerprint density at radius 1 is 0.929 bits per heavy atom. The second-order valence-electron chi connectivity index (χ2n) is 11.7. The number of aromatic nitrogens is 3. The van der Waals surface area contributed by atoms with Crippen molar-refractivity contribution in [2.24, 2.45) is 0 Å². The number of hydrogen-bond acceptors (Lipinski definition) is 7. The largest absolute Gasteiger partial charge is 0.393 e. The summed E-state index contributed by atoms with van der Waals surface area (Å²) < 4.78 is 26.7. The number of aliphatic hydroxyl groups excluding tert-OH is 1. The molecule has 42 heavy (non-hydrogen) atoms. The maximum absolute atomic E-state index is 12.6. The first-order valence-corrected chi connectivity index (χ1v) is 16.4. The Morgan fingerprint density at radius 3 is 2.45 bits per heavy atom. The highest BCUT2D eigenvalue weighted by Crippen LogP contribution is 2.37. The molecule has 2 fully saturated rings. The SMILES string of the molecule is CCCS(=O)(=O)n1ccc2cc(Nc3ncnc4ccc(-c5ccc(CN6C7CCC6CC(O)C7)cc5)cc34)ccc21. The van der Waals surface area contributed by atoms with Crippen molar-refractivity contribution in [2.45, 2.75) is 63.8 Å². The van der Waals surface area contributed by atoms with E-state index < -0.39 is 10.0 Å². The number of piperidine rings is 1. The second-order valence-corrected chi connectivity index (χ2v) is 13.6. The van der Waals surface area contributed by atoms with Gasteiger partial charge in [0.05, 0.1) is 22.9 Å². The maximum atomic E-state index is 12.6. The van der Waals surface area contributed by atoms with Gasteiger partial charge in [-0.05, 0) is 85.2 Å². The third-order valence-corrected chi connectivity index (χ3v) is 10.7. The lowest BCUT2D eigenvalue weighted by Gasteiger charge is -2.37. The van der Waals surface area contributed by atoms with Gasteiger partial charge in [-0.2, -0.15) is 0 Å². The third kappa shape index (κ3) is 5.06. The summed E-state index contributed by atoms with van der Waals surface area (Å²) in [5, 5.41) is 15.3. The van der Waals surface area contributed by atoms with Gasteiger partial charge < -0.3 is 10.4 Å². The molecule has 0 amide bonds. The van der Waals surface area contributed by atoms with Gasteiger partial charge in [0.2, 0.25) is 10.0 Å². The molecule has 2 aliphatic rings. The number of nitrogens with one attached hydrogen (secondary N) is 1. The van der Waals surface area contributed by atoms with Crippen LogP contribution in [0.3, 0.4) is 0 Å². The average molecular weight is 582 g/mol. The van der Waals surface area contributed by atoms with E-state index in [9.17, 15) is 13.5 Å². The molecule has 8 nitrogen and oxygen atoms in total. The molecule has 216 valence electrons. The predicted molar refractivity (Wildman–Crippen MR) is 167 cm³/mol. The molecular formula is C33H35N5O3S. The van der Waals surface area contributed by atoms with Gasteiger partial charge in [0.1, 0.15) is 12.1 Å². The van der Waals surface area contributed by atoms with Gasteiger partial charge in [-0.25, -0.2) is 22.4 Å². The molecule has 2 atom stereocenters. The van der Waals surface area contributed by atoms with Crippen LogP contribution in [-0.2, 0) is 16.6 Å². The molecule has 3 aromatic carbocycles. The van der Waals surface area contributed by atoms with Crippen LogP contribution in [0.4, 0.5) is 11.5 Å². The standard InChI is InChI=1S/C33H35N5O3S/c1-2-15-42(40,41)38-14-13-25-16-26(8-12-32(25)38)36-33-30-17-24(7-11-31(30)34-21-35-33)23-5-3-22(4-6-23)20-37-27-9-10-28(37)19-29(39)18-27/h3-8,11-14,16-17,21,27-29,39H,2,9-10,15,18-20H2,1H3,(H,34,35,36). The van der Waals surface area contributed by atoms with Gasteiger partial charge in [-0.3, -0.25) is 4.90 Å². The lowest BCUT2D eigenvalue weighted by Crippen LogP contribution is -2.44. The molecule has 0 saturated carbocycles. The Bertz CT molecular complexity index is 1850. The van der Waals surface area contributed by atoms with Crippen LogP contribution in [0.15, 0.2) is 79.3 Å². The van der Waals surface area contributed by atoms with Crippen molar-refractivity contribution in [2.75, 3.05) is 11.1 Å². The molecule has 2 bridgehead atoms. The van der Waals surface area contributed by atoms with Gasteiger partial charge in [-0.15, -0.1) is 0 Å². The average Bonchev–Trinajstić information content (AvgIpc) is 3.51. The minimum atomic E-state index is -3.38. The Labute approximate surface area is 246 Å². The quantitative estimate of drug-likeness (QED) is 0.229. The van der Waals surface area contributed by atoms with Crippen LogP contribution in [0.25, 0.3) is 32.9 Å². The number of hydrogen-bond donors (Lipinski definition) is 2. The molecule has 0 spiro atoms. The van der Waals surface area contributed by atoms with E-state index in [0.29, 0.717) is 29.8 Å². The van der Waals surface area contributed by atoms with Crippen molar-refractivity contribution in [3.05, 3.63) is 84.8 Å². The number of aliphatic hydroxyl groups is 1. The van der Waals surface area contributed by atoms with Crippen molar-refractivity contribution in [3.8, 4) is 11.1 Å². The summed E-state index contributed by atoms with van der Waals surface area (Å²) in [6.07, 6.45) is 7.78. The van der Waals surface area contributed by atoms with Crippen molar-refractivity contribution in [3.63, 3.8) is 0 Å². The molecule has 2 aromatic heterocycles. The van der Waals surface area contributed by atoms with E-state index in [4.69, 9.17) is 0 Å². The van der Waals surface area contributed by atoms with Gasteiger partial charge >= 0.3 is 0 Å². The fourth-order valence-electron chi connectivity index (χ4n) is 6.78. The molecule has 0 radical (unpaired) electrons. The highest BCUT2D eigenvalue weighted by Gasteiger charge is 2.39. The van der Waals surface area contributed by atoms with E-state index in [-0.39, 0.29) is 11.9 Å². The molecule has 2 N–H and O–H groups in total. The Morgan fingerprint density at radius 2 is 1.69 bits per heavy atom. The lowest BCUT2D eigenvalue weighted by atomic mass is 9.98. The van der Waals surface area contributed by atoms with E-state index in [1.54, 1.807) is 12.5 Å². The smallest absolute Gasteiger partial charge is 0.238 e. The van der Waals surface area contributed by atoms with Crippen LogP contribution >= 0.6 is 0 Å². The number of anilines is 2. The highest BCUT2D eigenvalue weighted by molar-refractivity contribution is 7.90. The molecule has 5 aromatic rings. The molecule has 2 unspecified atom stereocenters. The normalized spacial score (nSPS) is 20.9. The van der Waals surface area contributed by atoms with Crippen molar-refractivity contribution >= 4 is 43.3 Å². The monoisotopic (exact) mass is 581 g/mol. The summed E-state index contributed by atoms with van der Waals surface area (Å²) in [5.74, 6) is 0.803. The molecule has 2 aliphatic heterocycles. The van der Waals surface area contributed by atoms with Crippen LogP contribution < -0.4 is 5.32 Å². The summed E-state index contributed by atoms with van der Waals surface area (Å²) in [6.45, 7) is 2.80. The van der Waals surface area contributed by atoms with Crippen LogP contribution in [0.2, 0.25) is 0 Å². The number of nitrogens with zero attached hydrogens (tertiary/aromatic N) is 4. The molecule has 7 rings (SSSR count). The zero-order chi connectivity index (χ0) is 28.8. The summed E-state index contributed by atoms with van der Waals surface area (Å²) in [6, 6.07) is 23.5. The Hall–Kier alpha value is -3.79. The first-order chi connectivity index (χ1) is 20.4. The Kier molecular flexibility index (Phi) is 6.96. The maximum Gasteiger partial charge on any atom is 0.238 e. The molecule has 9 heteroatoms. The molecule has 0 aliphatic carbocycles. The lowest BCUT2D eigenvalue weighted by molar-refractivity contribution is 0.0310. The topological polar surface area (TPSA) is 100 Å². The van der Waals surface area contributed by atoms with Gasteiger partial charge in [0.25, 0.3) is 0 Å². The van der Waals surface area contributed by atoms with Crippen LogP contribution in [-0.4, -0.2) is 56.3 Å². The molecular weight excluding hydrogens is 546 g/mol.